The molecular formula is C16H28N2O2S2. The second kappa shape index (κ2) is 8.50. The molecule has 22 heavy (non-hydrogen) atoms. The van der Waals surface area contributed by atoms with Crippen LogP contribution in [0.3, 0.4) is 0 Å². The second-order valence-corrected chi connectivity index (χ2v) is 8.61. The van der Waals surface area contributed by atoms with Crippen molar-refractivity contribution in [2.75, 3.05) is 25.6 Å². The fraction of sp³-hybridized carbons (Fsp3) is 0.875. The van der Waals surface area contributed by atoms with Gasteiger partial charge < -0.3 is 10.0 Å². The van der Waals surface area contributed by atoms with E-state index in [9.17, 15) is 4.79 Å². The minimum Gasteiger partial charge on any atom is -0.481 e. The van der Waals surface area contributed by atoms with Crippen LogP contribution in [-0.2, 0) is 4.79 Å². The highest BCUT2D eigenvalue weighted by Gasteiger charge is 2.29. The maximum Gasteiger partial charge on any atom is 0.306 e. The van der Waals surface area contributed by atoms with E-state index in [0.717, 1.165) is 55.6 Å². The molecule has 1 N–H and O–H groups in total. The van der Waals surface area contributed by atoms with E-state index in [2.05, 4.69) is 23.6 Å². The molecule has 126 valence electrons. The molecule has 1 aliphatic heterocycles. The molecule has 2 aliphatic rings. The van der Waals surface area contributed by atoms with Crippen molar-refractivity contribution in [3.63, 3.8) is 0 Å². The zero-order valence-electron chi connectivity index (χ0n) is 13.7. The van der Waals surface area contributed by atoms with Crippen molar-refractivity contribution < 1.29 is 9.90 Å². The molecule has 1 saturated carbocycles. The fourth-order valence-electron chi connectivity index (χ4n) is 3.22. The van der Waals surface area contributed by atoms with Crippen LogP contribution in [0, 0.1) is 17.8 Å². The van der Waals surface area contributed by atoms with Gasteiger partial charge in [-0.3, -0.25) is 9.69 Å². The van der Waals surface area contributed by atoms with Crippen molar-refractivity contribution in [2.45, 2.75) is 46.0 Å². The third kappa shape index (κ3) is 5.39. The average molecular weight is 345 g/mol. The summed E-state index contributed by atoms with van der Waals surface area (Å²) in [6.45, 7) is 7.57. The summed E-state index contributed by atoms with van der Waals surface area (Å²) >= 11 is 7.25. The Bertz CT molecular complexity index is 396. The van der Waals surface area contributed by atoms with Gasteiger partial charge in [-0.15, -0.1) is 0 Å². The molecule has 0 aromatic heterocycles. The third-order valence-electron chi connectivity index (χ3n) is 4.69. The Kier molecular flexibility index (Phi) is 6.96. The first-order valence-electron chi connectivity index (χ1n) is 8.32. The van der Waals surface area contributed by atoms with Gasteiger partial charge >= 0.3 is 5.97 Å². The lowest BCUT2D eigenvalue weighted by Gasteiger charge is -2.39. The van der Waals surface area contributed by atoms with Crippen LogP contribution in [0.25, 0.3) is 0 Å². The number of carboxylic acid groups (broad SMARTS) is 1. The first-order valence-corrected chi connectivity index (χ1v) is 9.72. The van der Waals surface area contributed by atoms with Crippen molar-refractivity contribution in [1.29, 1.82) is 0 Å². The molecule has 1 heterocycles. The van der Waals surface area contributed by atoms with E-state index in [-0.39, 0.29) is 5.92 Å². The highest BCUT2D eigenvalue weighted by Crippen LogP contribution is 2.31. The van der Waals surface area contributed by atoms with Crippen LogP contribution in [0.4, 0.5) is 0 Å². The number of hydrogen-bond acceptors (Lipinski definition) is 4. The molecule has 0 aromatic carbocycles. The summed E-state index contributed by atoms with van der Waals surface area (Å²) in [5.74, 6) is 1.61. The topological polar surface area (TPSA) is 43.8 Å². The number of thiocarbonyl (C=S) groups is 1. The Hall–Kier alpha value is -0.330. The standard InChI is InChI=1S/C16H28N2O2S2/c1-12(2)7-8-18-10-17(11-22-16(18)21)9-13-3-5-14(6-4-13)15(19)20/h12-14H,3-11H2,1-2H3,(H,19,20). The van der Waals surface area contributed by atoms with Crippen LogP contribution in [0.1, 0.15) is 46.0 Å². The van der Waals surface area contributed by atoms with Gasteiger partial charge in [0, 0.05) is 13.1 Å². The molecule has 1 aliphatic carbocycles. The lowest BCUT2D eigenvalue weighted by atomic mass is 9.82. The first-order chi connectivity index (χ1) is 10.5. The molecule has 0 atom stereocenters. The lowest BCUT2D eigenvalue weighted by Crippen LogP contribution is -2.47. The number of carbonyl (C=O) groups is 1. The quantitative estimate of drug-likeness (QED) is 0.744. The smallest absolute Gasteiger partial charge is 0.306 e. The summed E-state index contributed by atoms with van der Waals surface area (Å²) < 4.78 is 1.03. The summed E-state index contributed by atoms with van der Waals surface area (Å²) in [7, 11) is 0. The number of thioether (sulfide) groups is 1. The Morgan fingerprint density at radius 3 is 2.64 bits per heavy atom. The lowest BCUT2D eigenvalue weighted by molar-refractivity contribution is -0.143. The Morgan fingerprint density at radius 1 is 1.36 bits per heavy atom. The number of nitrogens with zero attached hydrogens (tertiary/aromatic N) is 2. The molecule has 4 nitrogen and oxygen atoms in total. The Labute approximate surface area is 143 Å². The number of hydrogen-bond donors (Lipinski definition) is 1. The van der Waals surface area contributed by atoms with E-state index >= 15 is 0 Å². The molecule has 6 heteroatoms. The van der Waals surface area contributed by atoms with Crippen LogP contribution < -0.4 is 0 Å². The zero-order chi connectivity index (χ0) is 16.1. The van der Waals surface area contributed by atoms with Gasteiger partial charge in [0.2, 0.25) is 0 Å². The molecule has 2 fully saturated rings. The van der Waals surface area contributed by atoms with Gasteiger partial charge in [0.25, 0.3) is 0 Å². The third-order valence-corrected chi connectivity index (χ3v) is 6.30. The minimum absolute atomic E-state index is 0.109. The van der Waals surface area contributed by atoms with Gasteiger partial charge in [0.1, 0.15) is 4.32 Å². The molecule has 2 rings (SSSR count). The first kappa shape index (κ1) is 18.0. The van der Waals surface area contributed by atoms with Gasteiger partial charge in [-0.25, -0.2) is 0 Å². The maximum atomic E-state index is 11.0. The van der Waals surface area contributed by atoms with E-state index in [1.54, 1.807) is 11.8 Å². The van der Waals surface area contributed by atoms with Gasteiger partial charge in [0.15, 0.2) is 0 Å². The minimum atomic E-state index is -0.614. The van der Waals surface area contributed by atoms with E-state index < -0.39 is 5.97 Å². The Morgan fingerprint density at radius 2 is 2.05 bits per heavy atom. The largest absolute Gasteiger partial charge is 0.481 e. The van der Waals surface area contributed by atoms with Crippen molar-refractivity contribution in [1.82, 2.24) is 9.80 Å². The molecule has 0 unspecified atom stereocenters. The van der Waals surface area contributed by atoms with Crippen molar-refractivity contribution >= 4 is 34.3 Å². The van der Waals surface area contributed by atoms with Gasteiger partial charge in [0.05, 0.1) is 18.5 Å². The van der Waals surface area contributed by atoms with Gasteiger partial charge in [-0.05, 0) is 43.9 Å². The number of carboxylic acids is 1. The second-order valence-electron chi connectivity index (χ2n) is 7.04. The van der Waals surface area contributed by atoms with E-state index in [0.29, 0.717) is 11.8 Å². The Balaban J connectivity index is 1.76. The van der Waals surface area contributed by atoms with Crippen LogP contribution in [0.15, 0.2) is 0 Å². The summed E-state index contributed by atoms with van der Waals surface area (Å²) in [5, 5.41) is 9.08. The van der Waals surface area contributed by atoms with Crippen LogP contribution in [-0.4, -0.2) is 50.8 Å². The van der Waals surface area contributed by atoms with Crippen LogP contribution in [0.5, 0.6) is 0 Å². The summed E-state index contributed by atoms with van der Waals surface area (Å²) in [5.41, 5.74) is 0. The molecule has 0 radical (unpaired) electrons. The highest BCUT2D eigenvalue weighted by atomic mass is 32.2. The monoisotopic (exact) mass is 344 g/mol. The van der Waals surface area contributed by atoms with Crippen molar-refractivity contribution in [3.8, 4) is 0 Å². The van der Waals surface area contributed by atoms with E-state index in [4.69, 9.17) is 17.3 Å². The maximum absolute atomic E-state index is 11.0. The summed E-state index contributed by atoms with van der Waals surface area (Å²) in [6.07, 6.45) is 4.97. The zero-order valence-corrected chi connectivity index (χ0v) is 15.3. The summed E-state index contributed by atoms with van der Waals surface area (Å²) in [4.78, 5) is 15.8. The SMILES string of the molecule is CC(C)CCN1CN(CC2CCC(C(=O)O)CC2)CSC1=S. The number of aliphatic carboxylic acids is 1. The molecule has 0 spiro atoms. The molecule has 0 aromatic rings. The predicted molar refractivity (Wildman–Crippen MR) is 95.9 cm³/mol. The van der Waals surface area contributed by atoms with Crippen LogP contribution >= 0.6 is 24.0 Å². The molecule has 0 bridgehead atoms. The van der Waals surface area contributed by atoms with Crippen molar-refractivity contribution in [3.05, 3.63) is 0 Å². The van der Waals surface area contributed by atoms with Gasteiger partial charge in [-0.2, -0.15) is 0 Å². The van der Waals surface area contributed by atoms with E-state index in [1.807, 2.05) is 0 Å². The fourth-order valence-corrected chi connectivity index (χ4v) is 4.34. The molecule has 1 saturated heterocycles. The van der Waals surface area contributed by atoms with E-state index in [1.165, 1.54) is 6.42 Å². The molecule has 0 amide bonds. The average Bonchev–Trinajstić information content (AvgIpc) is 2.48. The predicted octanol–water partition coefficient (Wildman–Crippen LogP) is 3.47. The normalized spacial score (nSPS) is 27.4. The summed E-state index contributed by atoms with van der Waals surface area (Å²) in [6, 6.07) is 0. The number of rotatable bonds is 6. The highest BCUT2D eigenvalue weighted by molar-refractivity contribution is 8.22. The van der Waals surface area contributed by atoms with Crippen LogP contribution in [0.2, 0.25) is 0 Å². The van der Waals surface area contributed by atoms with Crippen molar-refractivity contribution in [2.24, 2.45) is 17.8 Å². The van der Waals surface area contributed by atoms with Gasteiger partial charge in [-0.1, -0.05) is 37.8 Å². The molecular weight excluding hydrogens is 316 g/mol.